The van der Waals surface area contributed by atoms with E-state index in [1.165, 1.54) is 6.20 Å². The Balaban J connectivity index is 2.15. The molecule has 1 fully saturated rings. The van der Waals surface area contributed by atoms with E-state index < -0.39 is 5.60 Å². The summed E-state index contributed by atoms with van der Waals surface area (Å²) in [4.78, 5) is 12.1. The number of aromatic nitrogens is 2. The Kier molecular flexibility index (Phi) is 3.19. The van der Waals surface area contributed by atoms with E-state index >= 15 is 0 Å². The SMILES string of the molecule is CC1(C(=O)Nc2[nH]ncc2C(N)=NO)CCCO1. The van der Waals surface area contributed by atoms with Crippen molar-refractivity contribution in [1.82, 2.24) is 10.2 Å². The number of amides is 1. The highest BCUT2D eigenvalue weighted by atomic mass is 16.5. The number of aromatic amines is 1. The lowest BCUT2D eigenvalue weighted by molar-refractivity contribution is -0.133. The predicted molar refractivity (Wildman–Crippen MR) is 63.3 cm³/mol. The van der Waals surface area contributed by atoms with Crippen molar-refractivity contribution in [2.24, 2.45) is 10.9 Å². The molecule has 0 saturated carbocycles. The molecule has 2 heterocycles. The van der Waals surface area contributed by atoms with Gasteiger partial charge in [0, 0.05) is 6.61 Å². The molecule has 0 aromatic carbocycles. The highest BCUT2D eigenvalue weighted by Crippen LogP contribution is 2.26. The first-order chi connectivity index (χ1) is 8.57. The zero-order valence-corrected chi connectivity index (χ0v) is 9.93. The monoisotopic (exact) mass is 253 g/mol. The van der Waals surface area contributed by atoms with E-state index in [1.807, 2.05) is 0 Å². The Hall–Kier alpha value is -2.09. The molecule has 18 heavy (non-hydrogen) atoms. The van der Waals surface area contributed by atoms with Gasteiger partial charge >= 0.3 is 0 Å². The lowest BCUT2D eigenvalue weighted by Crippen LogP contribution is -2.39. The maximum Gasteiger partial charge on any atom is 0.257 e. The van der Waals surface area contributed by atoms with Gasteiger partial charge in [-0.3, -0.25) is 9.89 Å². The van der Waals surface area contributed by atoms with Gasteiger partial charge in [0.25, 0.3) is 5.91 Å². The lowest BCUT2D eigenvalue weighted by atomic mass is 10.0. The molecule has 0 aliphatic carbocycles. The van der Waals surface area contributed by atoms with Crippen LogP contribution < -0.4 is 11.1 Å². The summed E-state index contributed by atoms with van der Waals surface area (Å²) in [7, 11) is 0. The van der Waals surface area contributed by atoms with Crippen LogP contribution in [0.15, 0.2) is 11.4 Å². The molecular formula is C10H15N5O3. The highest BCUT2D eigenvalue weighted by molar-refractivity contribution is 6.05. The van der Waals surface area contributed by atoms with Crippen molar-refractivity contribution >= 4 is 17.6 Å². The first-order valence-corrected chi connectivity index (χ1v) is 5.53. The number of rotatable bonds is 3. The van der Waals surface area contributed by atoms with Crippen molar-refractivity contribution in [3.8, 4) is 0 Å². The zero-order valence-electron chi connectivity index (χ0n) is 9.93. The van der Waals surface area contributed by atoms with Crippen molar-refractivity contribution < 1.29 is 14.7 Å². The van der Waals surface area contributed by atoms with Crippen molar-refractivity contribution in [3.05, 3.63) is 11.8 Å². The molecule has 5 N–H and O–H groups in total. The Bertz CT molecular complexity index is 476. The molecular weight excluding hydrogens is 238 g/mol. The summed E-state index contributed by atoms with van der Waals surface area (Å²) >= 11 is 0. The number of nitrogens with zero attached hydrogens (tertiary/aromatic N) is 2. The van der Waals surface area contributed by atoms with Crippen LogP contribution >= 0.6 is 0 Å². The van der Waals surface area contributed by atoms with Crippen LogP contribution in [0, 0.1) is 0 Å². The maximum atomic E-state index is 12.1. The van der Waals surface area contributed by atoms with Gasteiger partial charge < -0.3 is 21.0 Å². The van der Waals surface area contributed by atoms with Crippen LogP contribution in [-0.2, 0) is 9.53 Å². The third kappa shape index (κ3) is 2.14. The standard InChI is InChI=1S/C10H15N5O3/c1-10(3-2-4-18-10)9(16)13-8-6(5-12-14-8)7(11)15-17/h5,17H,2-4H2,1H3,(H2,11,15)(H2,12,13,14,16). The smallest absolute Gasteiger partial charge is 0.257 e. The summed E-state index contributed by atoms with van der Waals surface area (Å²) < 4.78 is 5.42. The van der Waals surface area contributed by atoms with Gasteiger partial charge in [-0.05, 0) is 19.8 Å². The van der Waals surface area contributed by atoms with Gasteiger partial charge in [-0.25, -0.2) is 0 Å². The van der Waals surface area contributed by atoms with Gasteiger partial charge in [0.1, 0.15) is 11.4 Å². The second-order valence-corrected chi connectivity index (χ2v) is 4.28. The summed E-state index contributed by atoms with van der Waals surface area (Å²) in [5.41, 5.74) is 4.95. The third-order valence-electron chi connectivity index (χ3n) is 2.96. The molecule has 1 atom stereocenters. The molecule has 1 amide bonds. The minimum atomic E-state index is -0.840. The second-order valence-electron chi connectivity index (χ2n) is 4.28. The number of ether oxygens (including phenoxy) is 1. The van der Waals surface area contributed by atoms with Gasteiger partial charge in [-0.1, -0.05) is 5.16 Å². The average Bonchev–Trinajstić information content (AvgIpc) is 2.98. The van der Waals surface area contributed by atoms with Crippen LogP contribution in [0.4, 0.5) is 5.82 Å². The second kappa shape index (κ2) is 4.65. The van der Waals surface area contributed by atoms with Crippen LogP contribution in [0.2, 0.25) is 0 Å². The van der Waals surface area contributed by atoms with Gasteiger partial charge in [-0.2, -0.15) is 5.10 Å². The summed E-state index contributed by atoms with van der Waals surface area (Å²) in [6, 6.07) is 0. The Morgan fingerprint density at radius 1 is 1.78 bits per heavy atom. The first-order valence-electron chi connectivity index (χ1n) is 5.53. The average molecular weight is 253 g/mol. The summed E-state index contributed by atoms with van der Waals surface area (Å²) in [6.07, 6.45) is 2.87. The van der Waals surface area contributed by atoms with Gasteiger partial charge in [0.2, 0.25) is 0 Å². The van der Waals surface area contributed by atoms with Crippen LogP contribution in [0.5, 0.6) is 0 Å². The van der Waals surface area contributed by atoms with Gasteiger partial charge in [0.05, 0.1) is 11.8 Å². The predicted octanol–water partition coefficient (Wildman–Crippen LogP) is 0.0118. The number of H-pyrrole nitrogens is 1. The highest BCUT2D eigenvalue weighted by Gasteiger charge is 2.38. The van der Waals surface area contributed by atoms with Gasteiger partial charge in [-0.15, -0.1) is 0 Å². The number of carbonyl (C=O) groups excluding carboxylic acids is 1. The van der Waals surface area contributed by atoms with Crippen LogP contribution in [0.3, 0.4) is 0 Å². The molecule has 1 saturated heterocycles. The number of anilines is 1. The van der Waals surface area contributed by atoms with Crippen LogP contribution in [-0.4, -0.2) is 39.4 Å². The summed E-state index contributed by atoms with van der Waals surface area (Å²) in [6.45, 7) is 2.30. The quantitative estimate of drug-likeness (QED) is 0.261. The van der Waals surface area contributed by atoms with E-state index in [0.29, 0.717) is 18.6 Å². The summed E-state index contributed by atoms with van der Waals surface area (Å²) in [5, 5.41) is 20.4. The van der Waals surface area contributed by atoms with Crippen molar-refractivity contribution in [1.29, 1.82) is 0 Å². The molecule has 98 valence electrons. The number of amidine groups is 1. The Labute approximate surface area is 103 Å². The first kappa shape index (κ1) is 12.4. The molecule has 2 rings (SSSR count). The molecule has 0 radical (unpaired) electrons. The number of carbonyl (C=O) groups is 1. The lowest BCUT2D eigenvalue weighted by Gasteiger charge is -2.21. The normalized spacial score (nSPS) is 24.2. The molecule has 1 aliphatic rings. The summed E-state index contributed by atoms with van der Waals surface area (Å²) in [5.74, 6) is -0.125. The van der Waals surface area contributed by atoms with Crippen LogP contribution in [0.25, 0.3) is 0 Å². The molecule has 0 bridgehead atoms. The number of hydrogen-bond donors (Lipinski definition) is 4. The minimum absolute atomic E-state index is 0.128. The Morgan fingerprint density at radius 3 is 3.17 bits per heavy atom. The van der Waals surface area contributed by atoms with E-state index in [1.54, 1.807) is 6.92 Å². The van der Waals surface area contributed by atoms with E-state index in [9.17, 15) is 4.79 Å². The van der Waals surface area contributed by atoms with E-state index in [-0.39, 0.29) is 17.6 Å². The Morgan fingerprint density at radius 2 is 2.56 bits per heavy atom. The molecule has 8 heteroatoms. The minimum Gasteiger partial charge on any atom is -0.409 e. The zero-order chi connectivity index (χ0) is 13.2. The number of hydrogen-bond acceptors (Lipinski definition) is 5. The molecule has 1 unspecified atom stereocenters. The van der Waals surface area contributed by atoms with Crippen molar-refractivity contribution in [2.75, 3.05) is 11.9 Å². The fourth-order valence-corrected chi connectivity index (χ4v) is 1.83. The fraction of sp³-hybridized carbons (Fsp3) is 0.500. The molecule has 8 nitrogen and oxygen atoms in total. The van der Waals surface area contributed by atoms with E-state index in [4.69, 9.17) is 15.7 Å². The number of nitrogens with one attached hydrogen (secondary N) is 2. The molecule has 0 spiro atoms. The third-order valence-corrected chi connectivity index (χ3v) is 2.96. The maximum absolute atomic E-state index is 12.1. The molecule has 1 aromatic heterocycles. The molecule has 1 aliphatic heterocycles. The van der Waals surface area contributed by atoms with Crippen LogP contribution in [0.1, 0.15) is 25.3 Å². The van der Waals surface area contributed by atoms with E-state index in [0.717, 1.165) is 6.42 Å². The topological polar surface area (TPSA) is 126 Å². The fourth-order valence-electron chi connectivity index (χ4n) is 1.83. The van der Waals surface area contributed by atoms with E-state index in [2.05, 4.69) is 20.7 Å². The van der Waals surface area contributed by atoms with Gasteiger partial charge in [0.15, 0.2) is 5.84 Å². The van der Waals surface area contributed by atoms with Crippen molar-refractivity contribution in [3.63, 3.8) is 0 Å². The van der Waals surface area contributed by atoms with Crippen molar-refractivity contribution in [2.45, 2.75) is 25.4 Å². The number of oxime groups is 1. The number of nitrogens with two attached hydrogens (primary N) is 1. The molecule has 1 aromatic rings. The largest absolute Gasteiger partial charge is 0.409 e.